The maximum Gasteiger partial charge on any atom is 0.326 e. The minimum absolute atomic E-state index is 0.127. The molecule has 0 spiro atoms. The van der Waals surface area contributed by atoms with Crippen molar-refractivity contribution in [2.24, 2.45) is 0 Å². The fourth-order valence-electron chi connectivity index (χ4n) is 2.82. The Balaban J connectivity index is 1.97. The summed E-state index contributed by atoms with van der Waals surface area (Å²) in [7, 11) is 0. The Morgan fingerprint density at radius 2 is 2.04 bits per heavy atom. The van der Waals surface area contributed by atoms with Crippen molar-refractivity contribution >= 4 is 11.9 Å². The molecule has 2 rings (SSSR count). The number of nitrogens with zero attached hydrogens (tertiary/aromatic N) is 1. The fraction of sp³-hybridized carbons (Fsp3) is 0.556. The minimum Gasteiger partial charge on any atom is -0.480 e. The van der Waals surface area contributed by atoms with E-state index >= 15 is 0 Å². The third kappa shape index (κ3) is 5.36. The lowest BCUT2D eigenvalue weighted by Gasteiger charge is -2.28. The van der Waals surface area contributed by atoms with E-state index in [0.29, 0.717) is 19.4 Å². The number of hydrogen-bond donors (Lipinski definition) is 1. The van der Waals surface area contributed by atoms with Crippen molar-refractivity contribution in [3.63, 3.8) is 0 Å². The zero-order chi connectivity index (χ0) is 16.7. The van der Waals surface area contributed by atoms with Crippen LogP contribution >= 0.6 is 0 Å². The average Bonchev–Trinajstić information content (AvgIpc) is 2.58. The number of carboxylic acid groups (broad SMARTS) is 1. The maximum atomic E-state index is 12.5. The van der Waals surface area contributed by atoms with Crippen LogP contribution in [0, 0.1) is 0 Å². The summed E-state index contributed by atoms with van der Waals surface area (Å²) in [5.41, 5.74) is 0.933. The lowest BCUT2D eigenvalue weighted by atomic mass is 10.0. The van der Waals surface area contributed by atoms with E-state index in [2.05, 4.69) is 0 Å². The summed E-state index contributed by atoms with van der Waals surface area (Å²) in [6.07, 6.45) is 4.33. The molecule has 1 fully saturated rings. The predicted octanol–water partition coefficient (Wildman–Crippen LogP) is 2.84. The maximum absolute atomic E-state index is 12.5. The van der Waals surface area contributed by atoms with Gasteiger partial charge in [0.25, 0.3) is 0 Å². The quantitative estimate of drug-likeness (QED) is 0.839. The highest BCUT2D eigenvalue weighted by atomic mass is 16.5. The SMILES string of the molecule is CC(C(=O)O)N(Cc1ccccc1)C(=O)CCC1CCCCO1. The number of ether oxygens (including phenoxy) is 1. The first-order valence-electron chi connectivity index (χ1n) is 8.25. The summed E-state index contributed by atoms with van der Waals surface area (Å²) in [5.74, 6) is -1.11. The number of amides is 1. The lowest BCUT2D eigenvalue weighted by molar-refractivity contribution is -0.150. The normalized spacial score (nSPS) is 19.1. The molecule has 0 bridgehead atoms. The van der Waals surface area contributed by atoms with Crippen molar-refractivity contribution in [1.29, 1.82) is 0 Å². The molecular weight excluding hydrogens is 294 g/mol. The monoisotopic (exact) mass is 319 g/mol. The van der Waals surface area contributed by atoms with Crippen molar-refractivity contribution in [1.82, 2.24) is 4.90 Å². The molecule has 2 atom stereocenters. The lowest BCUT2D eigenvalue weighted by Crippen LogP contribution is -2.43. The van der Waals surface area contributed by atoms with Gasteiger partial charge in [-0.2, -0.15) is 0 Å². The van der Waals surface area contributed by atoms with Gasteiger partial charge in [0.05, 0.1) is 6.10 Å². The molecule has 2 unspecified atom stereocenters. The molecular formula is C18H25NO4. The Bertz CT molecular complexity index is 511. The second-order valence-electron chi connectivity index (χ2n) is 6.05. The van der Waals surface area contributed by atoms with Crippen molar-refractivity contribution in [3.8, 4) is 0 Å². The summed E-state index contributed by atoms with van der Waals surface area (Å²) in [6.45, 7) is 2.64. The van der Waals surface area contributed by atoms with Crippen LogP contribution in [0.1, 0.15) is 44.6 Å². The van der Waals surface area contributed by atoms with E-state index in [4.69, 9.17) is 4.74 Å². The molecule has 1 aliphatic rings. The van der Waals surface area contributed by atoms with Crippen LogP contribution < -0.4 is 0 Å². The van der Waals surface area contributed by atoms with Gasteiger partial charge in [-0.1, -0.05) is 30.3 Å². The zero-order valence-electron chi connectivity index (χ0n) is 13.6. The molecule has 1 aliphatic heterocycles. The third-order valence-electron chi connectivity index (χ3n) is 4.30. The Morgan fingerprint density at radius 3 is 2.65 bits per heavy atom. The van der Waals surface area contributed by atoms with Gasteiger partial charge in [-0.05, 0) is 38.2 Å². The van der Waals surface area contributed by atoms with E-state index in [1.54, 1.807) is 6.92 Å². The summed E-state index contributed by atoms with van der Waals surface area (Å²) in [5, 5.41) is 9.28. The van der Waals surface area contributed by atoms with E-state index < -0.39 is 12.0 Å². The molecule has 1 aromatic rings. The molecule has 1 N–H and O–H groups in total. The number of benzene rings is 1. The number of aliphatic carboxylic acids is 1. The first-order valence-corrected chi connectivity index (χ1v) is 8.25. The Morgan fingerprint density at radius 1 is 1.30 bits per heavy atom. The molecule has 126 valence electrons. The van der Waals surface area contributed by atoms with Gasteiger partial charge in [-0.25, -0.2) is 4.79 Å². The molecule has 23 heavy (non-hydrogen) atoms. The first kappa shape index (κ1) is 17.5. The molecule has 5 heteroatoms. The van der Waals surface area contributed by atoms with Crippen molar-refractivity contribution in [2.45, 2.75) is 57.7 Å². The van der Waals surface area contributed by atoms with Crippen LogP contribution in [0.15, 0.2) is 30.3 Å². The van der Waals surface area contributed by atoms with Gasteiger partial charge in [0.15, 0.2) is 0 Å². The van der Waals surface area contributed by atoms with E-state index in [1.807, 2.05) is 30.3 Å². The van der Waals surface area contributed by atoms with Crippen LogP contribution in [-0.4, -0.2) is 40.6 Å². The van der Waals surface area contributed by atoms with Crippen LogP contribution in [0.2, 0.25) is 0 Å². The van der Waals surface area contributed by atoms with Gasteiger partial charge < -0.3 is 14.7 Å². The number of hydrogen-bond acceptors (Lipinski definition) is 3. The second kappa shape index (κ2) is 8.67. The van der Waals surface area contributed by atoms with E-state index in [9.17, 15) is 14.7 Å². The van der Waals surface area contributed by atoms with Gasteiger partial charge in [0.2, 0.25) is 5.91 Å². The molecule has 0 radical (unpaired) electrons. The van der Waals surface area contributed by atoms with Crippen LogP contribution in [0.4, 0.5) is 0 Å². The Labute approximate surface area is 137 Å². The molecule has 0 aliphatic carbocycles. The smallest absolute Gasteiger partial charge is 0.326 e. The summed E-state index contributed by atoms with van der Waals surface area (Å²) in [6, 6.07) is 8.64. The highest BCUT2D eigenvalue weighted by molar-refractivity contribution is 5.83. The minimum atomic E-state index is -0.983. The molecule has 0 aromatic heterocycles. The van der Waals surface area contributed by atoms with Crippen LogP contribution in [0.5, 0.6) is 0 Å². The fourth-order valence-corrected chi connectivity index (χ4v) is 2.82. The molecule has 1 saturated heterocycles. The van der Waals surface area contributed by atoms with Crippen LogP contribution in [0.3, 0.4) is 0 Å². The Hall–Kier alpha value is -1.88. The van der Waals surface area contributed by atoms with Crippen molar-refractivity contribution in [3.05, 3.63) is 35.9 Å². The van der Waals surface area contributed by atoms with Gasteiger partial charge in [0, 0.05) is 19.6 Å². The van der Waals surface area contributed by atoms with E-state index in [0.717, 1.165) is 31.4 Å². The van der Waals surface area contributed by atoms with Gasteiger partial charge in [-0.3, -0.25) is 4.79 Å². The number of carboxylic acids is 1. The number of carbonyl (C=O) groups is 2. The molecule has 0 saturated carbocycles. The van der Waals surface area contributed by atoms with Crippen LogP contribution in [0.25, 0.3) is 0 Å². The second-order valence-corrected chi connectivity index (χ2v) is 6.05. The highest BCUT2D eigenvalue weighted by Gasteiger charge is 2.26. The molecule has 5 nitrogen and oxygen atoms in total. The summed E-state index contributed by atoms with van der Waals surface area (Å²) in [4.78, 5) is 25.3. The zero-order valence-corrected chi connectivity index (χ0v) is 13.6. The van der Waals surface area contributed by atoms with Crippen LogP contribution in [-0.2, 0) is 20.9 Å². The standard InChI is InChI=1S/C18H25NO4/c1-14(18(21)22)19(13-15-7-3-2-4-8-15)17(20)11-10-16-9-5-6-12-23-16/h2-4,7-8,14,16H,5-6,9-13H2,1H3,(H,21,22). The topological polar surface area (TPSA) is 66.8 Å². The molecule has 1 aromatic carbocycles. The predicted molar refractivity (Wildman–Crippen MR) is 86.9 cm³/mol. The third-order valence-corrected chi connectivity index (χ3v) is 4.30. The average molecular weight is 319 g/mol. The van der Waals surface area contributed by atoms with E-state index in [1.165, 1.54) is 4.90 Å². The molecule has 1 heterocycles. The van der Waals surface area contributed by atoms with Crippen molar-refractivity contribution in [2.75, 3.05) is 6.61 Å². The number of rotatable bonds is 7. The van der Waals surface area contributed by atoms with Gasteiger partial charge >= 0.3 is 5.97 Å². The Kier molecular flexibility index (Phi) is 6.59. The highest BCUT2D eigenvalue weighted by Crippen LogP contribution is 2.19. The summed E-state index contributed by atoms with van der Waals surface area (Å²) < 4.78 is 5.65. The van der Waals surface area contributed by atoms with E-state index in [-0.39, 0.29) is 12.0 Å². The summed E-state index contributed by atoms with van der Waals surface area (Å²) >= 11 is 0. The number of carbonyl (C=O) groups excluding carboxylic acids is 1. The first-order chi connectivity index (χ1) is 11.1. The largest absolute Gasteiger partial charge is 0.480 e. The van der Waals surface area contributed by atoms with Gasteiger partial charge in [-0.15, -0.1) is 0 Å². The van der Waals surface area contributed by atoms with Crippen molar-refractivity contribution < 1.29 is 19.4 Å². The molecule has 1 amide bonds. The van der Waals surface area contributed by atoms with Gasteiger partial charge in [0.1, 0.15) is 6.04 Å².